The van der Waals surface area contributed by atoms with Crippen LogP contribution in [-0.2, 0) is 23.8 Å². The predicted octanol–water partition coefficient (Wildman–Crippen LogP) is 2.71. The molecule has 1 saturated heterocycles. The van der Waals surface area contributed by atoms with E-state index in [1.807, 2.05) is 51.1 Å². The van der Waals surface area contributed by atoms with Crippen LogP contribution in [0.3, 0.4) is 0 Å². The number of carbonyl (C=O) groups excluding carboxylic acids is 2. The molecule has 0 radical (unpaired) electrons. The summed E-state index contributed by atoms with van der Waals surface area (Å²) >= 11 is 1.48. The molecular formula is C24H34N2O6S. The summed E-state index contributed by atoms with van der Waals surface area (Å²) in [6.45, 7) is 9.56. The Hall–Kier alpha value is -1.91. The van der Waals surface area contributed by atoms with Gasteiger partial charge in [0.15, 0.2) is 11.9 Å². The van der Waals surface area contributed by atoms with Crippen LogP contribution in [0.2, 0.25) is 0 Å². The molecule has 33 heavy (non-hydrogen) atoms. The van der Waals surface area contributed by atoms with E-state index in [1.54, 1.807) is 19.9 Å². The standard InChI is InChI=1S/C24H34N2O6S/c1-23(2,3)12-11-16-18(27)19(32-24(4,5)31-16)20(30-6)22(29)26-15-13-33-17-10-8-7-9-14(17)25-21(15)28/h7-12,15-16,18-20,27H,13H2,1-6H3,(H,25,28)(H,26,29)/t15?,16-,18+,19-,20-/m1/s1. The highest BCUT2D eigenvalue weighted by Crippen LogP contribution is 2.32. The van der Waals surface area contributed by atoms with Crippen LogP contribution < -0.4 is 10.6 Å². The highest BCUT2D eigenvalue weighted by atomic mass is 32.2. The molecule has 8 nitrogen and oxygen atoms in total. The van der Waals surface area contributed by atoms with Gasteiger partial charge in [0.05, 0.1) is 5.69 Å². The lowest BCUT2D eigenvalue weighted by atomic mass is 9.93. The normalized spacial score (nSPS) is 28.5. The number of carbonyl (C=O) groups is 2. The van der Waals surface area contributed by atoms with Crippen LogP contribution in [0, 0.1) is 5.41 Å². The summed E-state index contributed by atoms with van der Waals surface area (Å²) in [5, 5.41) is 16.6. The Bertz CT molecular complexity index is 897. The van der Waals surface area contributed by atoms with E-state index in [4.69, 9.17) is 14.2 Å². The molecule has 2 aliphatic heterocycles. The third kappa shape index (κ3) is 6.58. The van der Waals surface area contributed by atoms with Gasteiger partial charge in [0, 0.05) is 17.8 Å². The molecule has 1 unspecified atom stereocenters. The molecule has 3 N–H and O–H groups in total. The maximum absolute atomic E-state index is 13.2. The fraction of sp³-hybridized carbons (Fsp3) is 0.583. The summed E-state index contributed by atoms with van der Waals surface area (Å²) < 4.78 is 17.3. The molecular weight excluding hydrogens is 444 g/mol. The zero-order chi connectivity index (χ0) is 24.4. The topological polar surface area (TPSA) is 106 Å². The second-order valence-corrected chi connectivity index (χ2v) is 10.9. The van der Waals surface area contributed by atoms with Crippen LogP contribution in [0.15, 0.2) is 41.3 Å². The number of anilines is 1. The van der Waals surface area contributed by atoms with Crippen molar-refractivity contribution in [3.63, 3.8) is 0 Å². The van der Waals surface area contributed by atoms with Gasteiger partial charge in [-0.15, -0.1) is 11.8 Å². The molecule has 0 bridgehead atoms. The molecule has 3 rings (SSSR count). The molecule has 0 aliphatic carbocycles. The Kier molecular flexibility index (Phi) is 7.91. The Morgan fingerprint density at radius 2 is 2.03 bits per heavy atom. The molecule has 2 heterocycles. The van der Waals surface area contributed by atoms with Gasteiger partial charge in [-0.05, 0) is 31.4 Å². The van der Waals surface area contributed by atoms with Crippen molar-refractivity contribution in [1.82, 2.24) is 5.32 Å². The molecule has 1 aromatic rings. The van der Waals surface area contributed by atoms with Gasteiger partial charge in [0.1, 0.15) is 24.4 Å². The number of hydrogen-bond donors (Lipinski definition) is 3. The van der Waals surface area contributed by atoms with Crippen molar-refractivity contribution in [2.75, 3.05) is 18.2 Å². The molecule has 0 saturated carbocycles. The lowest BCUT2D eigenvalue weighted by molar-refractivity contribution is -0.334. The summed E-state index contributed by atoms with van der Waals surface area (Å²) in [5.41, 5.74) is 0.604. The number of ether oxygens (including phenoxy) is 3. The van der Waals surface area contributed by atoms with Gasteiger partial charge >= 0.3 is 0 Å². The third-order valence-corrected chi connectivity index (χ3v) is 6.46. The summed E-state index contributed by atoms with van der Waals surface area (Å²) in [7, 11) is 1.38. The van der Waals surface area contributed by atoms with Crippen molar-refractivity contribution in [2.24, 2.45) is 5.41 Å². The van der Waals surface area contributed by atoms with Crippen LogP contribution in [0.1, 0.15) is 34.6 Å². The first-order chi connectivity index (χ1) is 15.4. The number of rotatable bonds is 5. The minimum Gasteiger partial charge on any atom is -0.387 e. The summed E-state index contributed by atoms with van der Waals surface area (Å²) in [6.07, 6.45) is -0.224. The quantitative estimate of drug-likeness (QED) is 0.559. The van der Waals surface area contributed by atoms with Gasteiger partial charge in [-0.25, -0.2) is 0 Å². The van der Waals surface area contributed by atoms with Crippen LogP contribution >= 0.6 is 11.8 Å². The van der Waals surface area contributed by atoms with Gasteiger partial charge in [0.2, 0.25) is 5.91 Å². The minimum absolute atomic E-state index is 0.110. The highest BCUT2D eigenvalue weighted by molar-refractivity contribution is 7.99. The lowest BCUT2D eigenvalue weighted by Gasteiger charge is -2.45. The average molecular weight is 479 g/mol. The van der Waals surface area contributed by atoms with Crippen molar-refractivity contribution in [3.8, 4) is 0 Å². The van der Waals surface area contributed by atoms with Crippen molar-refractivity contribution >= 4 is 29.3 Å². The van der Waals surface area contributed by atoms with Crippen molar-refractivity contribution in [2.45, 2.75) is 75.8 Å². The van der Waals surface area contributed by atoms with Crippen LogP contribution in [0.4, 0.5) is 5.69 Å². The Labute approximate surface area is 199 Å². The average Bonchev–Trinajstić information content (AvgIpc) is 2.87. The van der Waals surface area contributed by atoms with Crippen LogP contribution in [-0.4, -0.2) is 66.0 Å². The highest BCUT2D eigenvalue weighted by Gasteiger charge is 2.48. The van der Waals surface area contributed by atoms with Gasteiger partial charge in [-0.3, -0.25) is 9.59 Å². The fourth-order valence-corrected chi connectivity index (χ4v) is 4.73. The first-order valence-corrected chi connectivity index (χ1v) is 12.0. The van der Waals surface area contributed by atoms with Crippen molar-refractivity contribution < 1.29 is 28.9 Å². The van der Waals surface area contributed by atoms with Crippen LogP contribution in [0.25, 0.3) is 0 Å². The van der Waals surface area contributed by atoms with E-state index in [-0.39, 0.29) is 11.3 Å². The third-order valence-electron chi connectivity index (χ3n) is 5.29. The lowest BCUT2D eigenvalue weighted by Crippen LogP contribution is -2.62. The zero-order valence-corrected chi connectivity index (χ0v) is 20.8. The molecule has 1 fully saturated rings. The second kappa shape index (κ2) is 10.1. The van der Waals surface area contributed by atoms with E-state index >= 15 is 0 Å². The van der Waals surface area contributed by atoms with E-state index in [2.05, 4.69) is 10.6 Å². The van der Waals surface area contributed by atoms with Crippen LogP contribution in [0.5, 0.6) is 0 Å². The number of amides is 2. The fourth-order valence-electron chi connectivity index (χ4n) is 3.70. The van der Waals surface area contributed by atoms with E-state index in [9.17, 15) is 14.7 Å². The number of allylic oxidation sites excluding steroid dienone is 1. The molecule has 2 amide bonds. The van der Waals surface area contributed by atoms with Crippen molar-refractivity contribution in [1.29, 1.82) is 0 Å². The largest absolute Gasteiger partial charge is 0.387 e. The van der Waals surface area contributed by atoms with Crippen molar-refractivity contribution in [3.05, 3.63) is 36.4 Å². The van der Waals surface area contributed by atoms with E-state index in [0.29, 0.717) is 11.4 Å². The Morgan fingerprint density at radius 3 is 2.70 bits per heavy atom. The number of hydrogen-bond acceptors (Lipinski definition) is 7. The van der Waals surface area contributed by atoms with Gasteiger partial charge in [-0.1, -0.05) is 45.1 Å². The SMILES string of the molecule is CO[C@@H](C(=O)NC1CSc2ccccc2NC1=O)[C@@H]1OC(C)(C)O[C@H](C=CC(C)(C)C)[C@@H]1O. The van der Waals surface area contributed by atoms with E-state index in [1.165, 1.54) is 18.9 Å². The predicted molar refractivity (Wildman–Crippen MR) is 127 cm³/mol. The van der Waals surface area contributed by atoms with Gasteiger partial charge in [-0.2, -0.15) is 0 Å². The molecule has 182 valence electrons. The smallest absolute Gasteiger partial charge is 0.252 e. The first kappa shape index (κ1) is 25.7. The monoisotopic (exact) mass is 478 g/mol. The summed E-state index contributed by atoms with van der Waals surface area (Å²) in [6, 6.07) is 6.71. The number of aliphatic hydroxyl groups excluding tert-OH is 1. The summed E-state index contributed by atoms with van der Waals surface area (Å²) in [5.74, 6) is -1.53. The first-order valence-electron chi connectivity index (χ1n) is 11.0. The zero-order valence-electron chi connectivity index (χ0n) is 20.0. The Morgan fingerprint density at radius 1 is 1.33 bits per heavy atom. The number of aliphatic hydroxyl groups is 1. The molecule has 0 aromatic heterocycles. The summed E-state index contributed by atoms with van der Waals surface area (Å²) in [4.78, 5) is 26.8. The number of benzene rings is 1. The van der Waals surface area contributed by atoms with Gasteiger partial charge < -0.3 is 30.0 Å². The second-order valence-electron chi connectivity index (χ2n) is 9.79. The number of thioether (sulfide) groups is 1. The number of nitrogens with one attached hydrogen (secondary N) is 2. The maximum Gasteiger partial charge on any atom is 0.252 e. The molecule has 0 spiro atoms. The number of fused-ring (bicyclic) bond motifs is 1. The number of para-hydroxylation sites is 1. The minimum atomic E-state index is -1.14. The number of methoxy groups -OCH3 is 1. The molecule has 9 heteroatoms. The van der Waals surface area contributed by atoms with E-state index in [0.717, 1.165) is 4.90 Å². The van der Waals surface area contributed by atoms with E-state index < -0.39 is 42.2 Å². The molecule has 5 atom stereocenters. The molecule has 2 aliphatic rings. The molecule has 1 aromatic carbocycles. The van der Waals surface area contributed by atoms with Gasteiger partial charge in [0.25, 0.3) is 5.91 Å². The Balaban J connectivity index is 1.74. The maximum atomic E-state index is 13.2.